The normalized spacial score (nSPS) is 11.1. The smallest absolute Gasteiger partial charge is 0.0457 e. The van der Waals surface area contributed by atoms with Gasteiger partial charge in [-0.1, -0.05) is 58.5 Å². The van der Waals surface area contributed by atoms with E-state index in [4.69, 9.17) is 0 Å². The van der Waals surface area contributed by atoms with Gasteiger partial charge in [-0.15, -0.1) is 0 Å². The molecule has 1 N–H and O–H groups in total. The average Bonchev–Trinajstić information content (AvgIpc) is 2.34. The van der Waals surface area contributed by atoms with Gasteiger partial charge in [-0.05, 0) is 17.7 Å². The molecule has 2 rings (SSSR count). The zero-order valence-electron chi connectivity index (χ0n) is 10.2. The van der Waals surface area contributed by atoms with Crippen molar-refractivity contribution in [2.24, 2.45) is 0 Å². The first-order valence-corrected chi connectivity index (χ1v) is 5.59. The summed E-state index contributed by atoms with van der Waals surface area (Å²) >= 11 is 0. The van der Waals surface area contributed by atoms with E-state index in [0.717, 1.165) is 11.4 Å². The Labute approximate surface area is 93.5 Å². The van der Waals surface area contributed by atoms with E-state index in [1.54, 1.807) is 0 Å². The standard InChI is InChI=1S/C10H9N.2C2H6/c1-8-6-7-9-4-2-3-5-10(9)11-8;2*1-2/h2-7,11H,1H2;2*1-2H3. The van der Waals surface area contributed by atoms with Crippen molar-refractivity contribution in [3.63, 3.8) is 0 Å². The Hall–Kier alpha value is -1.50. The highest BCUT2D eigenvalue weighted by Gasteiger charge is 2.02. The summed E-state index contributed by atoms with van der Waals surface area (Å²) in [6.45, 7) is 11.8. The fourth-order valence-electron chi connectivity index (χ4n) is 1.16. The number of rotatable bonds is 0. The Morgan fingerprint density at radius 1 is 0.933 bits per heavy atom. The number of anilines is 1. The van der Waals surface area contributed by atoms with Crippen LogP contribution in [-0.2, 0) is 0 Å². The molecule has 1 aromatic carbocycles. The van der Waals surface area contributed by atoms with Crippen molar-refractivity contribution >= 4 is 11.8 Å². The maximum absolute atomic E-state index is 3.82. The summed E-state index contributed by atoms with van der Waals surface area (Å²) < 4.78 is 0. The van der Waals surface area contributed by atoms with Crippen LogP contribution in [0.2, 0.25) is 0 Å². The lowest BCUT2D eigenvalue weighted by Gasteiger charge is -2.13. The Balaban J connectivity index is 0.000000442. The molecule has 1 nitrogen and oxygen atoms in total. The van der Waals surface area contributed by atoms with E-state index in [9.17, 15) is 0 Å². The number of hydrogen-bond donors (Lipinski definition) is 1. The van der Waals surface area contributed by atoms with Gasteiger partial charge in [-0.25, -0.2) is 0 Å². The highest BCUT2D eigenvalue weighted by atomic mass is 14.9. The Bertz CT molecular complexity index is 324. The van der Waals surface area contributed by atoms with Gasteiger partial charge in [0.05, 0.1) is 0 Å². The number of para-hydroxylation sites is 1. The second kappa shape index (κ2) is 7.86. The van der Waals surface area contributed by atoms with Gasteiger partial charge in [0.2, 0.25) is 0 Å². The molecule has 0 fully saturated rings. The summed E-state index contributed by atoms with van der Waals surface area (Å²) in [5.74, 6) is 0. The number of allylic oxidation sites excluding steroid dienone is 1. The summed E-state index contributed by atoms with van der Waals surface area (Å²) in [5, 5.41) is 3.18. The van der Waals surface area contributed by atoms with Crippen LogP contribution in [0.5, 0.6) is 0 Å². The van der Waals surface area contributed by atoms with E-state index < -0.39 is 0 Å². The summed E-state index contributed by atoms with van der Waals surface area (Å²) in [6.07, 6.45) is 4.04. The Kier molecular flexibility index (Phi) is 7.08. The zero-order valence-corrected chi connectivity index (χ0v) is 10.2. The van der Waals surface area contributed by atoms with Crippen LogP contribution >= 0.6 is 0 Å². The predicted molar refractivity (Wildman–Crippen MR) is 70.9 cm³/mol. The molecule has 82 valence electrons. The van der Waals surface area contributed by atoms with Gasteiger partial charge in [0, 0.05) is 11.4 Å². The molecule has 0 aliphatic carbocycles. The molecule has 0 saturated carbocycles. The van der Waals surface area contributed by atoms with Crippen molar-refractivity contribution in [2.45, 2.75) is 27.7 Å². The van der Waals surface area contributed by atoms with Crippen molar-refractivity contribution in [3.8, 4) is 0 Å². The average molecular weight is 203 g/mol. The van der Waals surface area contributed by atoms with Crippen molar-refractivity contribution in [1.82, 2.24) is 0 Å². The zero-order chi connectivity index (χ0) is 11.7. The van der Waals surface area contributed by atoms with Gasteiger partial charge in [-0.2, -0.15) is 0 Å². The lowest BCUT2D eigenvalue weighted by Crippen LogP contribution is -2.00. The van der Waals surface area contributed by atoms with E-state index >= 15 is 0 Å². The molecule has 0 spiro atoms. The second-order valence-electron chi connectivity index (χ2n) is 2.57. The van der Waals surface area contributed by atoms with E-state index in [2.05, 4.69) is 24.0 Å². The van der Waals surface area contributed by atoms with Crippen molar-refractivity contribution in [2.75, 3.05) is 5.32 Å². The molecule has 0 unspecified atom stereocenters. The molecule has 1 aliphatic heterocycles. The summed E-state index contributed by atoms with van der Waals surface area (Å²) in [5.41, 5.74) is 3.31. The first-order valence-electron chi connectivity index (χ1n) is 5.59. The fourth-order valence-corrected chi connectivity index (χ4v) is 1.16. The van der Waals surface area contributed by atoms with Crippen molar-refractivity contribution < 1.29 is 0 Å². The summed E-state index contributed by atoms with van der Waals surface area (Å²) in [7, 11) is 0. The molecular formula is C14H21N. The molecule has 0 amide bonds. The third-order valence-corrected chi connectivity index (χ3v) is 1.72. The first-order chi connectivity index (χ1) is 7.36. The Morgan fingerprint density at radius 3 is 2.20 bits per heavy atom. The van der Waals surface area contributed by atoms with Crippen LogP contribution in [0.15, 0.2) is 42.6 Å². The molecule has 0 saturated heterocycles. The van der Waals surface area contributed by atoms with Gasteiger partial charge in [0.1, 0.15) is 0 Å². The molecule has 0 aromatic heterocycles. The van der Waals surface area contributed by atoms with Crippen molar-refractivity contribution in [3.05, 3.63) is 48.2 Å². The van der Waals surface area contributed by atoms with E-state index in [-0.39, 0.29) is 0 Å². The second-order valence-corrected chi connectivity index (χ2v) is 2.57. The highest BCUT2D eigenvalue weighted by molar-refractivity contribution is 5.74. The lowest BCUT2D eigenvalue weighted by molar-refractivity contribution is 1.45. The monoisotopic (exact) mass is 203 g/mol. The first kappa shape index (κ1) is 13.5. The number of benzene rings is 1. The van der Waals surface area contributed by atoms with Crippen LogP contribution in [0.3, 0.4) is 0 Å². The van der Waals surface area contributed by atoms with Gasteiger partial charge in [-0.3, -0.25) is 0 Å². The third kappa shape index (κ3) is 4.03. The van der Waals surface area contributed by atoms with E-state index in [0.29, 0.717) is 0 Å². The predicted octanol–water partition coefficient (Wildman–Crippen LogP) is 4.69. The van der Waals surface area contributed by atoms with Crippen LogP contribution in [0.4, 0.5) is 5.69 Å². The fraction of sp³-hybridized carbons (Fsp3) is 0.286. The van der Waals surface area contributed by atoms with Crippen molar-refractivity contribution in [1.29, 1.82) is 0 Å². The van der Waals surface area contributed by atoms with Crippen LogP contribution in [0.25, 0.3) is 6.08 Å². The van der Waals surface area contributed by atoms with E-state index in [1.807, 2.05) is 52.0 Å². The molecule has 0 bridgehead atoms. The van der Waals surface area contributed by atoms with Crippen LogP contribution in [-0.4, -0.2) is 0 Å². The number of nitrogens with one attached hydrogen (secondary N) is 1. The highest BCUT2D eigenvalue weighted by Crippen LogP contribution is 2.22. The van der Waals surface area contributed by atoms with Gasteiger partial charge >= 0.3 is 0 Å². The number of fused-ring (bicyclic) bond motifs is 1. The maximum atomic E-state index is 3.82. The van der Waals surface area contributed by atoms with Crippen LogP contribution in [0, 0.1) is 0 Å². The third-order valence-electron chi connectivity index (χ3n) is 1.72. The summed E-state index contributed by atoms with van der Waals surface area (Å²) in [4.78, 5) is 0. The number of hydrogen-bond acceptors (Lipinski definition) is 1. The van der Waals surface area contributed by atoms with E-state index in [1.165, 1.54) is 5.56 Å². The summed E-state index contributed by atoms with van der Waals surface area (Å²) in [6, 6.07) is 8.16. The van der Waals surface area contributed by atoms with Gasteiger partial charge in [0.25, 0.3) is 0 Å². The maximum Gasteiger partial charge on any atom is 0.0457 e. The lowest BCUT2D eigenvalue weighted by atomic mass is 10.1. The minimum atomic E-state index is 0.948. The van der Waals surface area contributed by atoms with Crippen LogP contribution < -0.4 is 5.32 Å². The molecule has 1 heteroatoms. The minimum Gasteiger partial charge on any atom is -0.356 e. The quantitative estimate of drug-likeness (QED) is 0.645. The van der Waals surface area contributed by atoms with Gasteiger partial charge in [0.15, 0.2) is 0 Å². The van der Waals surface area contributed by atoms with Crippen LogP contribution in [0.1, 0.15) is 33.3 Å². The molecule has 1 aromatic rings. The molecule has 15 heavy (non-hydrogen) atoms. The SMILES string of the molecule is C=C1C=Cc2ccccc2N1.CC.CC. The Morgan fingerprint density at radius 2 is 1.53 bits per heavy atom. The molecule has 1 heterocycles. The molecule has 0 radical (unpaired) electrons. The largest absolute Gasteiger partial charge is 0.356 e. The minimum absolute atomic E-state index is 0.948. The topological polar surface area (TPSA) is 12.0 Å². The molecular weight excluding hydrogens is 182 g/mol. The molecule has 0 atom stereocenters. The molecule has 1 aliphatic rings. The van der Waals surface area contributed by atoms with Gasteiger partial charge < -0.3 is 5.32 Å².